The number of hydrogen-bond donors (Lipinski definition) is 2. The van der Waals surface area contributed by atoms with Crippen LogP contribution in [0, 0.1) is 0 Å². The molecule has 1 unspecified atom stereocenters. The maximum absolute atomic E-state index is 10.0. The average molecular weight is 285 g/mol. The Hall–Kier alpha value is -2.20. The average Bonchev–Trinajstić information content (AvgIpc) is 2.69. The lowest BCUT2D eigenvalue weighted by atomic mass is 10.0. The maximum atomic E-state index is 10.0. The molecular weight excluding hydrogens is 266 g/mol. The summed E-state index contributed by atoms with van der Waals surface area (Å²) in [6.45, 7) is 4.05. The first-order valence-corrected chi connectivity index (χ1v) is 7.12. The standard InChI is InChI=1S/C17H19NO3/c1-12(17-14(19)6-4-7-15(17)20)18-9-10-21-16-8-3-2-5-13(16)11-18/h2-8,12,19-20H,9-11H2,1H3. The highest BCUT2D eigenvalue weighted by Gasteiger charge is 2.24. The van der Waals surface area contributed by atoms with Gasteiger partial charge in [0, 0.05) is 24.7 Å². The van der Waals surface area contributed by atoms with Gasteiger partial charge < -0.3 is 14.9 Å². The van der Waals surface area contributed by atoms with Crippen molar-refractivity contribution in [2.45, 2.75) is 19.5 Å². The summed E-state index contributed by atoms with van der Waals surface area (Å²) in [6, 6.07) is 12.7. The topological polar surface area (TPSA) is 52.9 Å². The van der Waals surface area contributed by atoms with Crippen molar-refractivity contribution in [1.82, 2.24) is 4.90 Å². The molecule has 0 spiro atoms. The summed E-state index contributed by atoms with van der Waals surface area (Å²) < 4.78 is 5.76. The molecule has 110 valence electrons. The van der Waals surface area contributed by atoms with Gasteiger partial charge in [-0.1, -0.05) is 24.3 Å². The molecule has 2 N–H and O–H groups in total. The van der Waals surface area contributed by atoms with Crippen LogP contribution in [0.1, 0.15) is 24.1 Å². The van der Waals surface area contributed by atoms with Gasteiger partial charge in [-0.15, -0.1) is 0 Å². The van der Waals surface area contributed by atoms with Gasteiger partial charge in [0.1, 0.15) is 23.9 Å². The van der Waals surface area contributed by atoms with Gasteiger partial charge >= 0.3 is 0 Å². The molecule has 0 aromatic heterocycles. The molecule has 2 aromatic rings. The summed E-state index contributed by atoms with van der Waals surface area (Å²) in [5, 5.41) is 20.1. The van der Waals surface area contributed by atoms with E-state index < -0.39 is 0 Å². The van der Waals surface area contributed by atoms with Crippen LogP contribution >= 0.6 is 0 Å². The fourth-order valence-electron chi connectivity index (χ4n) is 2.83. The number of rotatable bonds is 2. The number of benzene rings is 2. The summed E-state index contributed by atoms with van der Waals surface area (Å²) in [5.41, 5.74) is 1.69. The monoisotopic (exact) mass is 285 g/mol. The van der Waals surface area contributed by atoms with Gasteiger partial charge in [0.2, 0.25) is 0 Å². The van der Waals surface area contributed by atoms with Gasteiger partial charge in [-0.2, -0.15) is 0 Å². The van der Waals surface area contributed by atoms with Crippen LogP contribution in [0.25, 0.3) is 0 Å². The van der Waals surface area contributed by atoms with E-state index in [1.807, 2.05) is 31.2 Å². The maximum Gasteiger partial charge on any atom is 0.124 e. The van der Waals surface area contributed by atoms with E-state index in [0.29, 0.717) is 12.2 Å². The smallest absolute Gasteiger partial charge is 0.124 e. The molecule has 0 bridgehead atoms. The zero-order chi connectivity index (χ0) is 14.8. The van der Waals surface area contributed by atoms with Crippen molar-refractivity contribution in [2.24, 2.45) is 0 Å². The molecule has 0 amide bonds. The van der Waals surface area contributed by atoms with Crippen molar-refractivity contribution in [3.63, 3.8) is 0 Å². The number of para-hydroxylation sites is 1. The highest BCUT2D eigenvalue weighted by atomic mass is 16.5. The molecule has 0 aliphatic carbocycles. The quantitative estimate of drug-likeness (QED) is 0.890. The Morgan fingerprint density at radius 1 is 1.05 bits per heavy atom. The minimum atomic E-state index is -0.0963. The van der Waals surface area contributed by atoms with Crippen LogP contribution in [0.5, 0.6) is 17.2 Å². The predicted molar refractivity (Wildman–Crippen MR) is 80.5 cm³/mol. The fraction of sp³-hybridized carbons (Fsp3) is 0.294. The molecule has 2 aromatic carbocycles. The number of hydrogen-bond acceptors (Lipinski definition) is 4. The first-order valence-electron chi connectivity index (χ1n) is 7.12. The molecule has 0 fully saturated rings. The molecule has 1 atom stereocenters. The van der Waals surface area contributed by atoms with Crippen LogP contribution < -0.4 is 4.74 Å². The van der Waals surface area contributed by atoms with Crippen molar-refractivity contribution in [3.05, 3.63) is 53.6 Å². The number of phenolic OH excluding ortho intramolecular Hbond substituents is 2. The first kappa shape index (κ1) is 13.8. The number of nitrogens with zero attached hydrogens (tertiary/aromatic N) is 1. The van der Waals surface area contributed by atoms with E-state index in [0.717, 1.165) is 24.4 Å². The van der Waals surface area contributed by atoms with Gasteiger partial charge in [-0.25, -0.2) is 0 Å². The van der Waals surface area contributed by atoms with Crippen LogP contribution in [0.15, 0.2) is 42.5 Å². The molecule has 0 saturated carbocycles. The van der Waals surface area contributed by atoms with Crippen LogP contribution in [-0.4, -0.2) is 28.3 Å². The Balaban J connectivity index is 1.90. The van der Waals surface area contributed by atoms with E-state index in [9.17, 15) is 10.2 Å². The minimum Gasteiger partial charge on any atom is -0.507 e. The Kier molecular flexibility index (Phi) is 3.71. The molecular formula is C17H19NO3. The molecule has 1 aliphatic heterocycles. The van der Waals surface area contributed by atoms with Gasteiger partial charge in [0.15, 0.2) is 0 Å². The molecule has 1 aliphatic rings. The molecule has 3 rings (SSSR count). The zero-order valence-electron chi connectivity index (χ0n) is 12.0. The third-order valence-corrected chi connectivity index (χ3v) is 4.01. The highest BCUT2D eigenvalue weighted by molar-refractivity contribution is 5.45. The Labute approximate surface area is 124 Å². The van der Waals surface area contributed by atoms with Gasteiger partial charge in [0.05, 0.1) is 5.56 Å². The second kappa shape index (κ2) is 5.66. The summed E-state index contributed by atoms with van der Waals surface area (Å²) in [6.07, 6.45) is 0. The number of fused-ring (bicyclic) bond motifs is 1. The third-order valence-electron chi connectivity index (χ3n) is 4.01. The van der Waals surface area contributed by atoms with E-state index in [4.69, 9.17) is 4.74 Å². The Morgan fingerprint density at radius 3 is 2.52 bits per heavy atom. The number of aromatic hydroxyl groups is 2. The molecule has 0 saturated heterocycles. The van der Waals surface area contributed by atoms with E-state index >= 15 is 0 Å². The van der Waals surface area contributed by atoms with Crippen molar-refractivity contribution in [3.8, 4) is 17.2 Å². The molecule has 4 nitrogen and oxygen atoms in total. The number of phenols is 2. The molecule has 21 heavy (non-hydrogen) atoms. The second-order valence-electron chi connectivity index (χ2n) is 5.31. The zero-order valence-corrected chi connectivity index (χ0v) is 12.0. The first-order chi connectivity index (χ1) is 10.2. The third kappa shape index (κ3) is 2.67. The van der Waals surface area contributed by atoms with Gasteiger partial charge in [-0.3, -0.25) is 4.90 Å². The van der Waals surface area contributed by atoms with Gasteiger partial charge in [0.25, 0.3) is 0 Å². The lowest BCUT2D eigenvalue weighted by Crippen LogP contribution is -2.29. The van der Waals surface area contributed by atoms with E-state index in [1.54, 1.807) is 18.2 Å². The number of ether oxygens (including phenoxy) is 1. The molecule has 0 radical (unpaired) electrons. The van der Waals surface area contributed by atoms with Crippen molar-refractivity contribution in [1.29, 1.82) is 0 Å². The lowest BCUT2D eigenvalue weighted by molar-refractivity contribution is 0.175. The summed E-state index contributed by atoms with van der Waals surface area (Å²) in [4.78, 5) is 2.20. The van der Waals surface area contributed by atoms with Crippen molar-refractivity contribution in [2.75, 3.05) is 13.2 Å². The Morgan fingerprint density at radius 2 is 1.76 bits per heavy atom. The fourth-order valence-corrected chi connectivity index (χ4v) is 2.83. The highest BCUT2D eigenvalue weighted by Crippen LogP contribution is 2.37. The van der Waals surface area contributed by atoms with Crippen LogP contribution in [0.4, 0.5) is 0 Å². The SMILES string of the molecule is CC(c1c(O)cccc1O)N1CCOc2ccccc2C1. The van der Waals surface area contributed by atoms with Crippen molar-refractivity contribution >= 4 is 0 Å². The summed E-state index contributed by atoms with van der Waals surface area (Å²) >= 11 is 0. The largest absolute Gasteiger partial charge is 0.507 e. The van der Waals surface area contributed by atoms with Crippen LogP contribution in [-0.2, 0) is 6.54 Å². The summed E-state index contributed by atoms with van der Waals surface area (Å²) in [5.74, 6) is 1.16. The molecule has 4 heteroatoms. The molecule has 1 heterocycles. The minimum absolute atomic E-state index is 0.0963. The normalized spacial score (nSPS) is 16.6. The van der Waals surface area contributed by atoms with E-state index in [-0.39, 0.29) is 17.5 Å². The van der Waals surface area contributed by atoms with E-state index in [1.165, 1.54) is 0 Å². The predicted octanol–water partition coefficient (Wildman–Crippen LogP) is 3.05. The van der Waals surface area contributed by atoms with Gasteiger partial charge in [-0.05, 0) is 25.1 Å². The van der Waals surface area contributed by atoms with E-state index in [2.05, 4.69) is 4.90 Å². The van der Waals surface area contributed by atoms with Crippen LogP contribution in [0.2, 0.25) is 0 Å². The lowest BCUT2D eigenvalue weighted by Gasteiger charge is -2.28. The van der Waals surface area contributed by atoms with Crippen molar-refractivity contribution < 1.29 is 14.9 Å². The summed E-state index contributed by atoms with van der Waals surface area (Å²) in [7, 11) is 0. The van der Waals surface area contributed by atoms with Crippen LogP contribution in [0.3, 0.4) is 0 Å². The Bertz CT molecular complexity index is 621. The second-order valence-corrected chi connectivity index (χ2v) is 5.31.